The number of aromatic nitrogens is 1. The van der Waals surface area contributed by atoms with E-state index in [4.69, 9.17) is 4.74 Å². The minimum absolute atomic E-state index is 0.225. The van der Waals surface area contributed by atoms with Gasteiger partial charge in [-0.25, -0.2) is 4.79 Å². The second-order valence-electron chi connectivity index (χ2n) is 10.2. The molecular weight excluding hydrogens is 432 g/mol. The Morgan fingerprint density at radius 1 is 0.943 bits per heavy atom. The van der Waals surface area contributed by atoms with Gasteiger partial charge in [-0.05, 0) is 49.9 Å². The molecule has 0 amide bonds. The molecule has 5 rings (SSSR count). The fourth-order valence-electron chi connectivity index (χ4n) is 5.42. The van der Waals surface area contributed by atoms with Crippen LogP contribution in [-0.2, 0) is 16.7 Å². The van der Waals surface area contributed by atoms with Crippen molar-refractivity contribution in [2.75, 3.05) is 6.54 Å². The lowest BCUT2D eigenvalue weighted by molar-refractivity contribution is 0.0544. The maximum atomic E-state index is 13.0. The molecule has 4 nitrogen and oxygen atoms in total. The van der Waals surface area contributed by atoms with Gasteiger partial charge in [0.05, 0.1) is 11.1 Å². The number of nitrogens with zero attached hydrogens (tertiary/aromatic N) is 2. The summed E-state index contributed by atoms with van der Waals surface area (Å²) in [5.74, 6) is 0. The van der Waals surface area contributed by atoms with Gasteiger partial charge in [-0.3, -0.25) is 9.47 Å². The van der Waals surface area contributed by atoms with Gasteiger partial charge >= 0.3 is 6.09 Å². The van der Waals surface area contributed by atoms with E-state index in [1.807, 2.05) is 51.2 Å². The molecule has 0 aliphatic carbocycles. The van der Waals surface area contributed by atoms with Crippen LogP contribution in [0.15, 0.2) is 104 Å². The van der Waals surface area contributed by atoms with Crippen LogP contribution in [0, 0.1) is 0 Å². The molecular formula is C31H32N2O2. The highest BCUT2D eigenvalue weighted by atomic mass is 16.6. The van der Waals surface area contributed by atoms with Crippen LogP contribution in [0.4, 0.5) is 4.79 Å². The predicted molar refractivity (Wildman–Crippen MR) is 142 cm³/mol. The van der Waals surface area contributed by atoms with Gasteiger partial charge in [-0.1, -0.05) is 84.9 Å². The SMILES string of the molecule is C=CCN1C(Cc2cn(C(=O)OC(C)(C)C)c3ccccc23)C1(c1ccccc1)c1ccccc1. The Labute approximate surface area is 207 Å². The predicted octanol–water partition coefficient (Wildman–Crippen LogP) is 6.78. The molecule has 178 valence electrons. The summed E-state index contributed by atoms with van der Waals surface area (Å²) < 4.78 is 7.36. The quantitative estimate of drug-likeness (QED) is 0.233. The number of fused-ring (bicyclic) bond motifs is 1. The van der Waals surface area contributed by atoms with E-state index in [0.29, 0.717) is 0 Å². The van der Waals surface area contributed by atoms with E-state index in [0.717, 1.165) is 29.4 Å². The summed E-state index contributed by atoms with van der Waals surface area (Å²) in [6.45, 7) is 10.5. The Morgan fingerprint density at radius 2 is 1.51 bits per heavy atom. The number of carbonyl (C=O) groups is 1. The van der Waals surface area contributed by atoms with Crippen LogP contribution < -0.4 is 0 Å². The van der Waals surface area contributed by atoms with Gasteiger partial charge in [-0.2, -0.15) is 0 Å². The zero-order valence-electron chi connectivity index (χ0n) is 20.6. The Morgan fingerprint density at radius 3 is 2.09 bits per heavy atom. The van der Waals surface area contributed by atoms with Crippen molar-refractivity contribution in [3.63, 3.8) is 0 Å². The van der Waals surface area contributed by atoms with Gasteiger partial charge in [-0.15, -0.1) is 6.58 Å². The number of para-hydroxylation sites is 1. The monoisotopic (exact) mass is 464 g/mol. The first-order chi connectivity index (χ1) is 16.9. The van der Waals surface area contributed by atoms with E-state index in [9.17, 15) is 4.79 Å². The largest absolute Gasteiger partial charge is 0.443 e. The third-order valence-corrected chi connectivity index (χ3v) is 6.80. The average molecular weight is 465 g/mol. The summed E-state index contributed by atoms with van der Waals surface area (Å²) in [5, 5.41) is 1.08. The highest BCUT2D eigenvalue weighted by molar-refractivity contribution is 5.92. The molecule has 1 fully saturated rings. The zero-order valence-corrected chi connectivity index (χ0v) is 20.6. The molecule has 0 bridgehead atoms. The van der Waals surface area contributed by atoms with Crippen LogP contribution in [0.25, 0.3) is 10.9 Å². The van der Waals surface area contributed by atoms with Crippen LogP contribution in [-0.4, -0.2) is 33.7 Å². The molecule has 0 radical (unpaired) electrons. The molecule has 1 aliphatic rings. The van der Waals surface area contributed by atoms with Crippen LogP contribution >= 0.6 is 0 Å². The van der Waals surface area contributed by atoms with Crippen molar-refractivity contribution in [2.24, 2.45) is 0 Å². The van der Waals surface area contributed by atoms with Crippen molar-refractivity contribution in [1.29, 1.82) is 0 Å². The summed E-state index contributed by atoms with van der Waals surface area (Å²) >= 11 is 0. The van der Waals surface area contributed by atoms with E-state index in [2.05, 4.69) is 78.2 Å². The molecule has 4 heteroatoms. The Kier molecular flexibility index (Phi) is 5.86. The maximum Gasteiger partial charge on any atom is 0.419 e. The third-order valence-electron chi connectivity index (χ3n) is 6.80. The minimum Gasteiger partial charge on any atom is -0.443 e. The van der Waals surface area contributed by atoms with E-state index < -0.39 is 5.60 Å². The Bertz CT molecular complexity index is 1310. The lowest BCUT2D eigenvalue weighted by Gasteiger charge is -2.19. The molecule has 4 aromatic rings. The summed E-state index contributed by atoms with van der Waals surface area (Å²) in [7, 11) is 0. The summed E-state index contributed by atoms with van der Waals surface area (Å²) in [6, 6.07) is 29.7. The van der Waals surface area contributed by atoms with Crippen molar-refractivity contribution in [2.45, 2.75) is 44.4 Å². The van der Waals surface area contributed by atoms with Gasteiger partial charge in [0, 0.05) is 24.2 Å². The van der Waals surface area contributed by atoms with E-state index >= 15 is 0 Å². The first kappa shape index (κ1) is 23.1. The fraction of sp³-hybridized carbons (Fsp3) is 0.258. The highest BCUT2D eigenvalue weighted by Gasteiger charge is 2.63. The normalized spacial score (nSPS) is 18.8. The average Bonchev–Trinajstić information content (AvgIpc) is 3.31. The van der Waals surface area contributed by atoms with Crippen molar-refractivity contribution >= 4 is 17.0 Å². The molecule has 35 heavy (non-hydrogen) atoms. The standard InChI is InChI=1S/C31H32N2O2/c1-5-20-33-28(31(33,24-14-8-6-9-15-24)25-16-10-7-11-17-25)21-23-22-32(29(34)35-30(2,3)4)27-19-13-12-18-26(23)27/h5-19,22,28H,1,20-21H2,2-4H3. The van der Waals surface area contributed by atoms with Crippen LogP contribution in [0.2, 0.25) is 0 Å². The first-order valence-electron chi connectivity index (χ1n) is 12.2. The number of rotatable bonds is 6. The Hall–Kier alpha value is -3.63. The number of benzene rings is 3. The maximum absolute atomic E-state index is 13.0. The highest BCUT2D eigenvalue weighted by Crippen LogP contribution is 2.56. The van der Waals surface area contributed by atoms with Gasteiger partial charge in [0.25, 0.3) is 0 Å². The van der Waals surface area contributed by atoms with E-state index in [1.54, 1.807) is 4.57 Å². The van der Waals surface area contributed by atoms with E-state index in [-0.39, 0.29) is 17.7 Å². The lowest BCUT2D eigenvalue weighted by atomic mass is 9.85. The smallest absolute Gasteiger partial charge is 0.419 e. The van der Waals surface area contributed by atoms with Crippen LogP contribution in [0.3, 0.4) is 0 Å². The number of hydrogen-bond donors (Lipinski definition) is 0. The topological polar surface area (TPSA) is 34.2 Å². The molecule has 0 spiro atoms. The molecule has 0 N–H and O–H groups in total. The van der Waals surface area contributed by atoms with Gasteiger partial charge in [0.2, 0.25) is 0 Å². The van der Waals surface area contributed by atoms with Gasteiger partial charge < -0.3 is 4.74 Å². The van der Waals surface area contributed by atoms with Crippen LogP contribution in [0.5, 0.6) is 0 Å². The van der Waals surface area contributed by atoms with Gasteiger partial charge in [0.15, 0.2) is 0 Å². The molecule has 0 saturated carbocycles. The molecule has 2 atom stereocenters. The summed E-state index contributed by atoms with van der Waals surface area (Å²) in [4.78, 5) is 15.5. The summed E-state index contributed by atoms with van der Waals surface area (Å²) in [5.41, 5.74) is 3.75. The fourth-order valence-corrected chi connectivity index (χ4v) is 5.42. The van der Waals surface area contributed by atoms with Crippen molar-refractivity contribution in [3.8, 4) is 0 Å². The number of hydrogen-bond acceptors (Lipinski definition) is 3. The third kappa shape index (κ3) is 4.08. The van der Waals surface area contributed by atoms with Gasteiger partial charge in [0.1, 0.15) is 5.60 Å². The lowest BCUT2D eigenvalue weighted by Crippen LogP contribution is -2.26. The Balaban J connectivity index is 1.59. The molecule has 1 aliphatic heterocycles. The molecule has 1 saturated heterocycles. The second kappa shape index (κ2) is 8.86. The molecule has 2 unspecified atom stereocenters. The van der Waals surface area contributed by atoms with Crippen molar-refractivity contribution in [1.82, 2.24) is 9.47 Å². The molecule has 2 heterocycles. The molecule has 1 aromatic heterocycles. The van der Waals surface area contributed by atoms with Crippen molar-refractivity contribution in [3.05, 3.63) is 120 Å². The first-order valence-corrected chi connectivity index (χ1v) is 12.2. The zero-order chi connectivity index (χ0) is 24.6. The second-order valence-corrected chi connectivity index (χ2v) is 10.2. The summed E-state index contributed by atoms with van der Waals surface area (Å²) in [6.07, 6.45) is 4.39. The molecule has 3 aromatic carbocycles. The minimum atomic E-state index is -0.560. The number of carbonyl (C=O) groups excluding carboxylic acids is 1. The van der Waals surface area contributed by atoms with Crippen molar-refractivity contribution < 1.29 is 9.53 Å². The number of ether oxygens (including phenoxy) is 1. The van der Waals surface area contributed by atoms with E-state index in [1.165, 1.54) is 11.1 Å². The van der Waals surface area contributed by atoms with Crippen LogP contribution in [0.1, 0.15) is 37.5 Å².